The van der Waals surface area contributed by atoms with Crippen LogP contribution in [0.25, 0.3) is 0 Å². The van der Waals surface area contributed by atoms with E-state index >= 15 is 0 Å². The van der Waals surface area contributed by atoms with Crippen molar-refractivity contribution in [1.82, 2.24) is 4.90 Å². The number of carboxylic acids is 1. The average molecular weight is 317 g/mol. The Balaban J connectivity index is 2.18. The molecule has 0 radical (unpaired) electrons. The molecule has 7 heteroatoms. The van der Waals surface area contributed by atoms with Crippen LogP contribution in [0.5, 0.6) is 0 Å². The smallest absolute Gasteiger partial charge is 0.308 e. The van der Waals surface area contributed by atoms with Crippen LogP contribution >= 0.6 is 11.3 Å². The number of carbonyl (C=O) groups excluding carboxylic acids is 1. The molecular formula is C14H17F2NO3S. The summed E-state index contributed by atoms with van der Waals surface area (Å²) < 4.78 is 25.8. The van der Waals surface area contributed by atoms with Crippen molar-refractivity contribution in [2.45, 2.75) is 26.7 Å². The Labute approximate surface area is 125 Å². The van der Waals surface area contributed by atoms with Gasteiger partial charge < -0.3 is 10.0 Å². The van der Waals surface area contributed by atoms with Gasteiger partial charge in [0.1, 0.15) is 0 Å². The van der Waals surface area contributed by atoms with Gasteiger partial charge in [0, 0.05) is 18.0 Å². The number of aryl methyl sites for hydroxylation is 2. The molecule has 0 saturated carbocycles. The highest BCUT2D eigenvalue weighted by Crippen LogP contribution is 2.32. The summed E-state index contributed by atoms with van der Waals surface area (Å²) in [5.41, 5.74) is 1.00. The SMILES string of the molecule is CCc1sc(C(=O)N2C[C@@H](C(=O)O)[C@H](C(F)F)C2)cc1C. The van der Waals surface area contributed by atoms with Crippen LogP contribution < -0.4 is 0 Å². The molecular weight excluding hydrogens is 300 g/mol. The summed E-state index contributed by atoms with van der Waals surface area (Å²) in [6, 6.07) is 1.75. The maximum atomic E-state index is 12.9. The lowest BCUT2D eigenvalue weighted by molar-refractivity contribution is -0.144. The first kappa shape index (κ1) is 15.9. The summed E-state index contributed by atoms with van der Waals surface area (Å²) in [6.07, 6.45) is -1.93. The third-order valence-electron chi connectivity index (χ3n) is 3.85. The van der Waals surface area contributed by atoms with Gasteiger partial charge in [-0.3, -0.25) is 9.59 Å². The molecule has 4 nitrogen and oxygen atoms in total. The summed E-state index contributed by atoms with van der Waals surface area (Å²) >= 11 is 1.35. The topological polar surface area (TPSA) is 57.6 Å². The van der Waals surface area contributed by atoms with E-state index in [-0.39, 0.29) is 19.0 Å². The number of amides is 1. The number of carbonyl (C=O) groups is 2. The van der Waals surface area contributed by atoms with Crippen LogP contribution in [0.2, 0.25) is 0 Å². The zero-order valence-corrected chi connectivity index (χ0v) is 12.6. The number of hydrogen-bond acceptors (Lipinski definition) is 3. The number of hydrogen-bond donors (Lipinski definition) is 1. The Kier molecular flexibility index (Phi) is 4.61. The zero-order valence-electron chi connectivity index (χ0n) is 11.8. The molecule has 1 aliphatic rings. The molecule has 0 unspecified atom stereocenters. The highest BCUT2D eigenvalue weighted by Gasteiger charge is 2.44. The second kappa shape index (κ2) is 6.09. The van der Waals surface area contributed by atoms with E-state index in [1.54, 1.807) is 6.07 Å². The van der Waals surface area contributed by atoms with E-state index in [4.69, 9.17) is 5.11 Å². The van der Waals surface area contributed by atoms with Gasteiger partial charge in [0.15, 0.2) is 0 Å². The quantitative estimate of drug-likeness (QED) is 0.929. The van der Waals surface area contributed by atoms with Crippen LogP contribution in [-0.4, -0.2) is 41.4 Å². The predicted molar refractivity (Wildman–Crippen MR) is 75.0 cm³/mol. The first-order valence-corrected chi connectivity index (χ1v) is 7.56. The molecule has 0 aliphatic carbocycles. The van der Waals surface area contributed by atoms with Gasteiger partial charge in [-0.2, -0.15) is 0 Å². The highest BCUT2D eigenvalue weighted by atomic mass is 32.1. The molecule has 0 bridgehead atoms. The number of alkyl halides is 2. The van der Waals surface area contributed by atoms with Crippen LogP contribution in [-0.2, 0) is 11.2 Å². The average Bonchev–Trinajstić information content (AvgIpc) is 3.01. The van der Waals surface area contributed by atoms with Crippen molar-refractivity contribution < 1.29 is 23.5 Å². The largest absolute Gasteiger partial charge is 0.481 e. The first-order valence-electron chi connectivity index (χ1n) is 6.74. The molecule has 1 fully saturated rings. The fourth-order valence-electron chi connectivity index (χ4n) is 2.64. The van der Waals surface area contributed by atoms with Crippen molar-refractivity contribution in [2.75, 3.05) is 13.1 Å². The molecule has 1 aromatic heterocycles. The third-order valence-corrected chi connectivity index (χ3v) is 5.22. The second-order valence-electron chi connectivity index (χ2n) is 5.22. The molecule has 116 valence electrons. The lowest BCUT2D eigenvalue weighted by Gasteiger charge is -2.14. The number of likely N-dealkylation sites (tertiary alicyclic amines) is 1. The number of aliphatic carboxylic acids is 1. The predicted octanol–water partition coefficient (Wildman–Crippen LogP) is 2.66. The molecule has 21 heavy (non-hydrogen) atoms. The maximum absolute atomic E-state index is 12.9. The van der Waals surface area contributed by atoms with Crippen LogP contribution in [0.1, 0.15) is 27.0 Å². The lowest BCUT2D eigenvalue weighted by Crippen LogP contribution is -2.29. The van der Waals surface area contributed by atoms with E-state index in [2.05, 4.69) is 0 Å². The Morgan fingerprint density at radius 1 is 1.48 bits per heavy atom. The van der Waals surface area contributed by atoms with Crippen LogP contribution in [0, 0.1) is 18.8 Å². The molecule has 0 spiro atoms. The summed E-state index contributed by atoms with van der Waals surface area (Å²) in [6.45, 7) is 3.53. The molecule has 1 aliphatic heterocycles. The van der Waals surface area contributed by atoms with E-state index < -0.39 is 24.2 Å². The Hall–Kier alpha value is -1.50. The van der Waals surface area contributed by atoms with Gasteiger partial charge in [0.2, 0.25) is 6.43 Å². The minimum atomic E-state index is -2.74. The summed E-state index contributed by atoms with van der Waals surface area (Å²) in [7, 11) is 0. The van der Waals surface area contributed by atoms with Crippen molar-refractivity contribution in [3.05, 3.63) is 21.4 Å². The monoisotopic (exact) mass is 317 g/mol. The lowest BCUT2D eigenvalue weighted by atomic mass is 9.97. The van der Waals surface area contributed by atoms with Gasteiger partial charge in [0.05, 0.1) is 16.7 Å². The molecule has 1 saturated heterocycles. The van der Waals surface area contributed by atoms with E-state index in [0.29, 0.717) is 4.88 Å². The fourth-order valence-corrected chi connectivity index (χ4v) is 3.73. The number of halogens is 2. The first-order chi connectivity index (χ1) is 9.85. The molecule has 2 atom stereocenters. The van der Waals surface area contributed by atoms with Gasteiger partial charge in [-0.25, -0.2) is 8.78 Å². The Bertz CT molecular complexity index is 558. The zero-order chi connectivity index (χ0) is 15.7. The summed E-state index contributed by atoms with van der Waals surface area (Å²) in [4.78, 5) is 26.2. The molecule has 2 rings (SSSR count). The van der Waals surface area contributed by atoms with Gasteiger partial charge in [-0.05, 0) is 25.0 Å². The van der Waals surface area contributed by atoms with Crippen molar-refractivity contribution in [2.24, 2.45) is 11.8 Å². The number of rotatable bonds is 4. The Morgan fingerprint density at radius 3 is 2.57 bits per heavy atom. The molecule has 1 aromatic rings. The Morgan fingerprint density at radius 2 is 2.14 bits per heavy atom. The van der Waals surface area contributed by atoms with Crippen LogP contribution in [0.15, 0.2) is 6.07 Å². The summed E-state index contributed by atoms with van der Waals surface area (Å²) in [5, 5.41) is 9.02. The minimum absolute atomic E-state index is 0.151. The van der Waals surface area contributed by atoms with E-state index in [9.17, 15) is 18.4 Å². The van der Waals surface area contributed by atoms with Gasteiger partial charge in [0.25, 0.3) is 5.91 Å². The van der Waals surface area contributed by atoms with Crippen LogP contribution in [0.3, 0.4) is 0 Å². The number of carboxylic acid groups (broad SMARTS) is 1. The summed E-state index contributed by atoms with van der Waals surface area (Å²) in [5.74, 6) is -4.11. The van der Waals surface area contributed by atoms with E-state index in [1.807, 2.05) is 13.8 Å². The van der Waals surface area contributed by atoms with Gasteiger partial charge in [-0.15, -0.1) is 11.3 Å². The number of thiophene rings is 1. The van der Waals surface area contributed by atoms with Gasteiger partial charge >= 0.3 is 5.97 Å². The number of nitrogens with zero attached hydrogens (tertiary/aromatic N) is 1. The highest BCUT2D eigenvalue weighted by molar-refractivity contribution is 7.14. The van der Waals surface area contributed by atoms with Crippen molar-refractivity contribution in [3.63, 3.8) is 0 Å². The van der Waals surface area contributed by atoms with E-state index in [0.717, 1.165) is 16.9 Å². The molecule has 0 aromatic carbocycles. The molecule has 1 amide bonds. The van der Waals surface area contributed by atoms with Crippen molar-refractivity contribution >= 4 is 23.2 Å². The van der Waals surface area contributed by atoms with Crippen LogP contribution in [0.4, 0.5) is 8.78 Å². The standard InChI is InChI=1S/C14H17F2NO3S/c1-3-10-7(2)4-11(21-10)13(18)17-5-8(12(15)16)9(6-17)14(19)20/h4,8-9,12H,3,5-6H2,1-2H3,(H,19,20)/t8-,9-/m1/s1. The second-order valence-corrected chi connectivity index (χ2v) is 6.36. The normalized spacial score (nSPS) is 22.0. The maximum Gasteiger partial charge on any atom is 0.308 e. The fraction of sp³-hybridized carbons (Fsp3) is 0.571. The third kappa shape index (κ3) is 3.07. The molecule has 1 N–H and O–H groups in total. The van der Waals surface area contributed by atoms with Gasteiger partial charge in [-0.1, -0.05) is 6.92 Å². The molecule has 2 heterocycles. The van der Waals surface area contributed by atoms with Crippen molar-refractivity contribution in [3.8, 4) is 0 Å². The van der Waals surface area contributed by atoms with E-state index in [1.165, 1.54) is 16.2 Å². The van der Waals surface area contributed by atoms with Crippen molar-refractivity contribution in [1.29, 1.82) is 0 Å². The minimum Gasteiger partial charge on any atom is -0.481 e.